The molecule has 0 aromatic heterocycles. The van der Waals surface area contributed by atoms with Crippen LogP contribution in [0.25, 0.3) is 0 Å². The van der Waals surface area contributed by atoms with Gasteiger partial charge in [-0.05, 0) is 42.5 Å². The summed E-state index contributed by atoms with van der Waals surface area (Å²) in [7, 11) is 0. The predicted molar refractivity (Wildman–Crippen MR) is 76.0 cm³/mol. The van der Waals surface area contributed by atoms with Crippen molar-refractivity contribution in [1.29, 1.82) is 0 Å². The Balaban J connectivity index is 2.12. The van der Waals surface area contributed by atoms with Crippen molar-refractivity contribution in [2.24, 2.45) is 5.10 Å². The first-order chi connectivity index (χ1) is 10.8. The number of carbonyl (C=O) groups is 1. The van der Waals surface area contributed by atoms with Crippen LogP contribution in [0.4, 0.5) is 23.2 Å². The number of hydrogen-bond acceptors (Lipinski definition) is 3. The Morgan fingerprint density at radius 3 is 2.35 bits per heavy atom. The molecule has 0 bridgehead atoms. The normalized spacial score (nSPS) is 11.7. The smallest absolute Gasteiger partial charge is 0.416 e. The summed E-state index contributed by atoms with van der Waals surface area (Å²) in [6.07, 6.45) is -3.66. The number of nitrogens with zero attached hydrogens (tertiary/aromatic N) is 1. The van der Waals surface area contributed by atoms with E-state index in [-0.39, 0.29) is 11.1 Å². The molecule has 2 aromatic rings. The van der Waals surface area contributed by atoms with E-state index >= 15 is 0 Å². The van der Waals surface area contributed by atoms with Gasteiger partial charge in [-0.3, -0.25) is 5.43 Å². The number of aromatic carboxylic acids is 1. The lowest BCUT2D eigenvalue weighted by molar-refractivity contribution is -0.137. The van der Waals surface area contributed by atoms with E-state index < -0.39 is 23.5 Å². The summed E-state index contributed by atoms with van der Waals surface area (Å²) in [6.45, 7) is 0. The van der Waals surface area contributed by atoms with Crippen LogP contribution in [-0.2, 0) is 6.18 Å². The fraction of sp³-hybridized carbons (Fsp3) is 0.0667. The molecule has 4 nitrogen and oxygen atoms in total. The molecule has 0 aliphatic heterocycles. The number of hydrazone groups is 1. The minimum Gasteiger partial charge on any atom is -0.478 e. The van der Waals surface area contributed by atoms with Crippen LogP contribution in [0, 0.1) is 5.82 Å². The molecule has 0 saturated carbocycles. The van der Waals surface area contributed by atoms with E-state index in [0.29, 0.717) is 23.9 Å². The third kappa shape index (κ3) is 4.29. The molecule has 0 radical (unpaired) electrons. The number of rotatable bonds is 4. The predicted octanol–water partition coefficient (Wildman–Crippen LogP) is 3.99. The van der Waals surface area contributed by atoms with Gasteiger partial charge < -0.3 is 5.11 Å². The molecule has 0 saturated heterocycles. The minimum atomic E-state index is -4.57. The van der Waals surface area contributed by atoms with Crippen molar-refractivity contribution in [1.82, 2.24) is 0 Å². The van der Waals surface area contributed by atoms with Gasteiger partial charge in [-0.15, -0.1) is 0 Å². The van der Waals surface area contributed by atoms with E-state index in [1.165, 1.54) is 24.3 Å². The number of nitrogens with one attached hydrogen (secondary N) is 1. The van der Waals surface area contributed by atoms with Crippen LogP contribution in [0.2, 0.25) is 0 Å². The van der Waals surface area contributed by atoms with Gasteiger partial charge in [-0.25, -0.2) is 9.18 Å². The summed E-state index contributed by atoms with van der Waals surface area (Å²) < 4.78 is 51.2. The van der Waals surface area contributed by atoms with Crippen LogP contribution in [0.1, 0.15) is 21.5 Å². The molecule has 2 N–H and O–H groups in total. The molecule has 0 atom stereocenters. The molecule has 0 aliphatic carbocycles. The second-order valence-corrected chi connectivity index (χ2v) is 4.49. The molecule has 2 aromatic carbocycles. The molecular weight excluding hydrogens is 316 g/mol. The summed E-state index contributed by atoms with van der Waals surface area (Å²) in [6, 6.07) is 7.49. The van der Waals surface area contributed by atoms with Gasteiger partial charge in [0.1, 0.15) is 5.82 Å². The maximum atomic E-state index is 13.5. The highest BCUT2D eigenvalue weighted by atomic mass is 19.4. The first kappa shape index (κ1) is 16.5. The Labute approximate surface area is 128 Å². The van der Waals surface area contributed by atoms with Crippen molar-refractivity contribution >= 4 is 17.9 Å². The summed E-state index contributed by atoms with van der Waals surface area (Å²) in [5.74, 6) is -1.93. The standard InChI is InChI=1S/C15H10F4N2O2/c16-13-6-3-11(15(17,18)19)7-10(13)8-20-21-12-4-1-9(2-5-12)14(22)23/h1-8,21H,(H,22,23)/b20-8+. The molecule has 120 valence electrons. The van der Waals surface area contributed by atoms with Crippen molar-refractivity contribution in [2.45, 2.75) is 6.18 Å². The Morgan fingerprint density at radius 1 is 1.13 bits per heavy atom. The van der Waals surface area contributed by atoms with Crippen molar-refractivity contribution in [3.05, 3.63) is 65.0 Å². The summed E-state index contributed by atoms with van der Waals surface area (Å²) in [4.78, 5) is 10.7. The zero-order chi connectivity index (χ0) is 17.0. The van der Waals surface area contributed by atoms with Crippen molar-refractivity contribution in [3.63, 3.8) is 0 Å². The number of carboxylic acid groups (broad SMARTS) is 1. The molecule has 0 spiro atoms. The maximum absolute atomic E-state index is 13.5. The first-order valence-corrected chi connectivity index (χ1v) is 6.26. The van der Waals surface area contributed by atoms with Gasteiger partial charge in [0.05, 0.1) is 23.0 Å². The zero-order valence-corrected chi connectivity index (χ0v) is 11.4. The summed E-state index contributed by atoms with van der Waals surface area (Å²) in [5.41, 5.74) is 1.64. The highest BCUT2D eigenvalue weighted by Gasteiger charge is 2.30. The van der Waals surface area contributed by atoms with Gasteiger partial charge in [-0.1, -0.05) is 0 Å². The quantitative estimate of drug-likeness (QED) is 0.507. The number of carboxylic acids is 1. The average Bonchev–Trinajstić information content (AvgIpc) is 2.48. The van der Waals surface area contributed by atoms with Crippen molar-refractivity contribution in [2.75, 3.05) is 5.43 Å². The lowest BCUT2D eigenvalue weighted by Gasteiger charge is -2.07. The van der Waals surface area contributed by atoms with Crippen LogP contribution in [0.3, 0.4) is 0 Å². The van der Waals surface area contributed by atoms with Crippen LogP contribution in [0.15, 0.2) is 47.6 Å². The van der Waals surface area contributed by atoms with E-state index in [9.17, 15) is 22.4 Å². The van der Waals surface area contributed by atoms with Crippen LogP contribution in [0.5, 0.6) is 0 Å². The van der Waals surface area contributed by atoms with Crippen LogP contribution >= 0.6 is 0 Å². The fourth-order valence-corrected chi connectivity index (χ4v) is 1.68. The third-order valence-electron chi connectivity index (χ3n) is 2.85. The highest BCUT2D eigenvalue weighted by Crippen LogP contribution is 2.30. The molecule has 0 fully saturated rings. The lowest BCUT2D eigenvalue weighted by Crippen LogP contribution is -2.06. The second kappa shape index (κ2) is 6.47. The number of hydrogen-bond donors (Lipinski definition) is 2. The molecule has 0 heterocycles. The third-order valence-corrected chi connectivity index (χ3v) is 2.85. The Hall–Kier alpha value is -2.90. The van der Waals surface area contributed by atoms with Crippen molar-refractivity contribution in [3.8, 4) is 0 Å². The molecule has 2 rings (SSSR count). The number of halogens is 4. The van der Waals surface area contributed by atoms with Gasteiger partial charge in [-0.2, -0.15) is 18.3 Å². The molecule has 0 aliphatic rings. The monoisotopic (exact) mass is 326 g/mol. The van der Waals surface area contributed by atoms with E-state index in [1.54, 1.807) is 0 Å². The van der Waals surface area contributed by atoms with E-state index in [1.807, 2.05) is 0 Å². The van der Waals surface area contributed by atoms with Crippen LogP contribution < -0.4 is 5.43 Å². The molecule has 0 unspecified atom stereocenters. The molecular formula is C15H10F4N2O2. The lowest BCUT2D eigenvalue weighted by atomic mass is 10.1. The van der Waals surface area contributed by atoms with Gasteiger partial charge in [0, 0.05) is 5.56 Å². The average molecular weight is 326 g/mol. The SMILES string of the molecule is O=C(O)c1ccc(N/N=C/c2cc(C(F)(F)F)ccc2F)cc1. The van der Waals surface area contributed by atoms with E-state index in [0.717, 1.165) is 6.21 Å². The zero-order valence-electron chi connectivity index (χ0n) is 11.4. The fourth-order valence-electron chi connectivity index (χ4n) is 1.68. The number of anilines is 1. The molecule has 0 amide bonds. The van der Waals surface area contributed by atoms with Gasteiger partial charge in [0.2, 0.25) is 0 Å². The maximum Gasteiger partial charge on any atom is 0.416 e. The summed E-state index contributed by atoms with van der Waals surface area (Å²) in [5, 5.41) is 12.4. The highest BCUT2D eigenvalue weighted by molar-refractivity contribution is 5.88. The Kier molecular flexibility index (Phi) is 4.63. The largest absolute Gasteiger partial charge is 0.478 e. The number of benzene rings is 2. The van der Waals surface area contributed by atoms with E-state index in [2.05, 4.69) is 10.5 Å². The van der Waals surface area contributed by atoms with Gasteiger partial charge in [0.25, 0.3) is 0 Å². The number of alkyl halides is 3. The first-order valence-electron chi connectivity index (χ1n) is 6.26. The van der Waals surface area contributed by atoms with Gasteiger partial charge >= 0.3 is 12.1 Å². The molecule has 8 heteroatoms. The Morgan fingerprint density at radius 2 is 1.78 bits per heavy atom. The van der Waals surface area contributed by atoms with E-state index in [4.69, 9.17) is 5.11 Å². The molecule has 23 heavy (non-hydrogen) atoms. The Bertz CT molecular complexity index is 740. The second-order valence-electron chi connectivity index (χ2n) is 4.49. The minimum absolute atomic E-state index is 0.0726. The van der Waals surface area contributed by atoms with Gasteiger partial charge in [0.15, 0.2) is 0 Å². The summed E-state index contributed by atoms with van der Waals surface area (Å²) >= 11 is 0. The van der Waals surface area contributed by atoms with Crippen LogP contribution in [-0.4, -0.2) is 17.3 Å². The van der Waals surface area contributed by atoms with Crippen molar-refractivity contribution < 1.29 is 27.5 Å². The topological polar surface area (TPSA) is 61.7 Å².